The van der Waals surface area contributed by atoms with Gasteiger partial charge in [-0.15, -0.1) is 0 Å². The van der Waals surface area contributed by atoms with E-state index in [0.717, 1.165) is 5.56 Å². The Morgan fingerprint density at radius 3 is 1.95 bits per heavy atom. The monoisotopic (exact) mass is 546 g/mol. The van der Waals surface area contributed by atoms with Crippen LogP contribution in [0.4, 0.5) is 0 Å². The Kier molecular flexibility index (Phi) is 12.1. The summed E-state index contributed by atoms with van der Waals surface area (Å²) >= 11 is 0. The van der Waals surface area contributed by atoms with Gasteiger partial charge in [-0.25, -0.2) is 0 Å². The number of rotatable bonds is 14. The Morgan fingerprint density at radius 2 is 1.36 bits per heavy atom. The smallest absolute Gasteiger partial charge is 0.308 e. The number of hydrogen-bond donors (Lipinski definition) is 0. The summed E-state index contributed by atoms with van der Waals surface area (Å²) in [5.41, 5.74) is 1.36. The minimum Gasteiger partial charge on any atom is -0.493 e. The van der Waals surface area contributed by atoms with Crippen LogP contribution in [0.2, 0.25) is 0 Å². The molecule has 2 aromatic rings. The first-order valence-electron chi connectivity index (χ1n) is 12.2. The molecule has 0 bridgehead atoms. The summed E-state index contributed by atoms with van der Waals surface area (Å²) in [5.74, 6) is -0.902. The van der Waals surface area contributed by atoms with Gasteiger partial charge in [0.2, 0.25) is 0 Å². The van der Waals surface area contributed by atoms with Crippen LogP contribution in [-0.2, 0) is 39.8 Å². The normalized spacial score (nSPS) is 11.9. The highest BCUT2D eigenvalue weighted by Crippen LogP contribution is 2.36. The number of hydrogen-bond acceptors (Lipinski definition) is 11. The topological polar surface area (TPSA) is 133 Å². The average molecular weight is 547 g/mol. The van der Waals surface area contributed by atoms with Crippen molar-refractivity contribution in [3.63, 3.8) is 0 Å². The second kappa shape index (κ2) is 15.2. The summed E-state index contributed by atoms with van der Waals surface area (Å²) in [6, 6.07) is 9.92. The number of benzene rings is 2. The molecular formula is C28H34O11. The van der Waals surface area contributed by atoms with Crippen LogP contribution in [0.3, 0.4) is 0 Å². The molecule has 0 fully saturated rings. The van der Waals surface area contributed by atoms with Gasteiger partial charge in [-0.1, -0.05) is 12.1 Å². The highest BCUT2D eigenvalue weighted by atomic mass is 16.6. The number of methoxy groups -OCH3 is 2. The van der Waals surface area contributed by atoms with E-state index in [4.69, 9.17) is 33.2 Å². The van der Waals surface area contributed by atoms with E-state index in [-0.39, 0.29) is 24.1 Å². The van der Waals surface area contributed by atoms with E-state index in [1.54, 1.807) is 24.3 Å². The largest absolute Gasteiger partial charge is 0.493 e. The van der Waals surface area contributed by atoms with E-state index in [2.05, 4.69) is 0 Å². The number of carbonyl (C=O) groups excluding carboxylic acids is 4. The van der Waals surface area contributed by atoms with E-state index in [1.165, 1.54) is 48.0 Å². The lowest BCUT2D eigenvalue weighted by atomic mass is 10.0. The van der Waals surface area contributed by atoms with Gasteiger partial charge in [-0.2, -0.15) is 0 Å². The van der Waals surface area contributed by atoms with Crippen molar-refractivity contribution < 1.29 is 52.3 Å². The van der Waals surface area contributed by atoms with E-state index < -0.39 is 30.1 Å². The maximum Gasteiger partial charge on any atom is 0.308 e. The maximum atomic E-state index is 12.1. The third-order valence-electron chi connectivity index (χ3n) is 5.27. The first-order valence-corrected chi connectivity index (χ1v) is 12.2. The highest BCUT2D eigenvalue weighted by Gasteiger charge is 2.31. The minimum atomic E-state index is -1.05. The van der Waals surface area contributed by atoms with Crippen molar-refractivity contribution in [3.05, 3.63) is 47.5 Å². The van der Waals surface area contributed by atoms with Crippen LogP contribution in [0.1, 0.15) is 51.3 Å². The van der Waals surface area contributed by atoms with Crippen molar-refractivity contribution >= 4 is 23.9 Å². The molecule has 0 saturated heterocycles. The predicted molar refractivity (Wildman–Crippen MR) is 138 cm³/mol. The molecule has 39 heavy (non-hydrogen) atoms. The molecule has 0 spiro atoms. The molecule has 0 amide bonds. The molecule has 212 valence electrons. The minimum absolute atomic E-state index is 0.179. The Bertz CT molecular complexity index is 1160. The zero-order chi connectivity index (χ0) is 28.9. The van der Waals surface area contributed by atoms with Crippen LogP contribution >= 0.6 is 0 Å². The summed E-state index contributed by atoms with van der Waals surface area (Å²) in [4.78, 5) is 46.2. The third-order valence-corrected chi connectivity index (χ3v) is 5.27. The molecule has 0 aromatic heterocycles. The quantitative estimate of drug-likeness (QED) is 0.148. The summed E-state index contributed by atoms with van der Waals surface area (Å²) in [6.07, 6.45) is -0.788. The third kappa shape index (κ3) is 10.2. The van der Waals surface area contributed by atoms with Crippen molar-refractivity contribution in [2.24, 2.45) is 0 Å². The summed E-state index contributed by atoms with van der Waals surface area (Å²) in [6.45, 7) is 5.15. The molecule has 0 aliphatic heterocycles. The van der Waals surface area contributed by atoms with Crippen LogP contribution in [0, 0.1) is 0 Å². The van der Waals surface area contributed by atoms with Gasteiger partial charge in [0, 0.05) is 33.3 Å². The van der Waals surface area contributed by atoms with Crippen molar-refractivity contribution in [1.29, 1.82) is 0 Å². The Morgan fingerprint density at radius 1 is 0.718 bits per heavy atom. The zero-order valence-corrected chi connectivity index (χ0v) is 22.9. The zero-order valence-electron chi connectivity index (χ0n) is 22.9. The van der Waals surface area contributed by atoms with E-state index in [9.17, 15) is 19.2 Å². The first-order chi connectivity index (χ1) is 18.5. The fraction of sp³-hybridized carbons (Fsp3) is 0.429. The van der Waals surface area contributed by atoms with Crippen LogP contribution in [0.25, 0.3) is 0 Å². The van der Waals surface area contributed by atoms with E-state index >= 15 is 0 Å². The Balaban J connectivity index is 2.41. The lowest BCUT2D eigenvalue weighted by molar-refractivity contribution is -0.157. The van der Waals surface area contributed by atoms with Gasteiger partial charge in [-0.3, -0.25) is 19.2 Å². The van der Waals surface area contributed by atoms with Gasteiger partial charge < -0.3 is 33.2 Å². The van der Waals surface area contributed by atoms with Crippen molar-refractivity contribution in [2.45, 2.75) is 52.7 Å². The molecule has 0 aliphatic carbocycles. The van der Waals surface area contributed by atoms with Crippen LogP contribution < -0.4 is 18.9 Å². The summed E-state index contributed by atoms with van der Waals surface area (Å²) in [7, 11) is 2.88. The van der Waals surface area contributed by atoms with E-state index in [1.807, 2.05) is 6.07 Å². The van der Waals surface area contributed by atoms with Crippen LogP contribution in [-0.4, -0.2) is 57.4 Å². The van der Waals surface area contributed by atoms with Gasteiger partial charge in [0.15, 0.2) is 35.2 Å². The van der Waals surface area contributed by atoms with Crippen LogP contribution in [0.5, 0.6) is 23.0 Å². The van der Waals surface area contributed by atoms with Gasteiger partial charge in [0.1, 0.15) is 6.61 Å². The number of aryl methyl sites for hydroxylation is 1. The molecule has 0 aliphatic rings. The van der Waals surface area contributed by atoms with Gasteiger partial charge in [0.25, 0.3) is 0 Å². The van der Waals surface area contributed by atoms with Gasteiger partial charge in [0.05, 0.1) is 20.8 Å². The van der Waals surface area contributed by atoms with Crippen LogP contribution in [0.15, 0.2) is 36.4 Å². The number of ether oxygens (including phenoxy) is 7. The average Bonchev–Trinajstić information content (AvgIpc) is 2.87. The Labute approximate surface area is 227 Å². The molecule has 0 heterocycles. The summed E-state index contributed by atoms with van der Waals surface area (Å²) in [5, 5.41) is 0. The molecule has 2 aromatic carbocycles. The van der Waals surface area contributed by atoms with Gasteiger partial charge >= 0.3 is 23.9 Å². The molecule has 0 saturated carbocycles. The molecule has 0 unspecified atom stereocenters. The maximum absolute atomic E-state index is 12.1. The molecular weight excluding hydrogens is 512 g/mol. The highest BCUT2D eigenvalue weighted by molar-refractivity contribution is 5.70. The molecule has 2 atom stereocenters. The molecule has 11 nitrogen and oxygen atoms in total. The molecule has 2 rings (SSSR count). The summed E-state index contributed by atoms with van der Waals surface area (Å²) < 4.78 is 38.1. The second-order valence-corrected chi connectivity index (χ2v) is 8.42. The fourth-order valence-corrected chi connectivity index (χ4v) is 3.64. The number of esters is 4. The SMILES string of the molecule is COc1cc([C@@H](OC(C)=O)[C@H](COC(C)=O)Oc2ccc(CCCOC(C)=O)cc2OC)ccc1OC(C)=O. The van der Waals surface area contributed by atoms with Crippen molar-refractivity contribution in [3.8, 4) is 23.0 Å². The predicted octanol–water partition coefficient (Wildman–Crippen LogP) is 3.74. The second-order valence-electron chi connectivity index (χ2n) is 8.42. The standard InChI is InChI=1S/C28H34O11/c1-17(29)35-13-7-8-21-9-11-24(25(14-21)33-5)39-27(16-36-18(2)30)28(38-20(4)32)22-10-12-23(37-19(3)31)26(15-22)34-6/h9-12,14-15,27-28H,7-8,13,16H2,1-6H3/t27-,28+/m0/s1. The first kappa shape index (κ1) is 30.9. The lowest BCUT2D eigenvalue weighted by Crippen LogP contribution is -2.34. The van der Waals surface area contributed by atoms with Crippen molar-refractivity contribution in [2.75, 3.05) is 27.4 Å². The van der Waals surface area contributed by atoms with E-state index in [0.29, 0.717) is 36.5 Å². The lowest BCUT2D eigenvalue weighted by Gasteiger charge is -2.28. The molecule has 11 heteroatoms. The molecule has 0 N–H and O–H groups in total. The molecule has 0 radical (unpaired) electrons. The fourth-order valence-electron chi connectivity index (χ4n) is 3.64. The Hall–Kier alpha value is -4.28. The van der Waals surface area contributed by atoms with Gasteiger partial charge in [-0.05, 0) is 42.7 Å². The van der Waals surface area contributed by atoms with Crippen molar-refractivity contribution in [1.82, 2.24) is 0 Å². The number of carbonyl (C=O) groups is 4.